The van der Waals surface area contributed by atoms with Crippen molar-refractivity contribution in [3.8, 4) is 0 Å². The molecule has 0 spiro atoms. The van der Waals surface area contributed by atoms with E-state index in [2.05, 4.69) is 16.3 Å². The fraction of sp³-hybridized carbons (Fsp3) is 0.462. The first-order chi connectivity index (χ1) is 8.19. The molecule has 4 heteroatoms. The third-order valence-electron chi connectivity index (χ3n) is 3.86. The number of hydrogen-bond donors (Lipinski definition) is 3. The van der Waals surface area contributed by atoms with E-state index in [1.807, 2.05) is 18.3 Å². The van der Waals surface area contributed by atoms with Crippen molar-refractivity contribution in [2.45, 2.75) is 37.3 Å². The molecule has 0 amide bonds. The van der Waals surface area contributed by atoms with Gasteiger partial charge in [-0.15, -0.1) is 0 Å². The average molecular weight is 231 g/mol. The second kappa shape index (κ2) is 3.82. The van der Waals surface area contributed by atoms with E-state index >= 15 is 0 Å². The minimum atomic E-state index is -0.328. The predicted molar refractivity (Wildman–Crippen MR) is 66.4 cm³/mol. The van der Waals surface area contributed by atoms with Crippen molar-refractivity contribution in [2.75, 3.05) is 0 Å². The molecule has 1 aliphatic carbocycles. The quantitative estimate of drug-likeness (QED) is 0.698. The van der Waals surface area contributed by atoms with Gasteiger partial charge in [-0.05, 0) is 31.2 Å². The molecule has 1 aromatic heterocycles. The second-order valence-electron chi connectivity index (χ2n) is 5.03. The maximum Gasteiger partial charge on any atom is 0.0700 e. The maximum atomic E-state index is 9.59. The van der Waals surface area contributed by atoms with Gasteiger partial charge in [-0.25, -0.2) is 0 Å². The molecule has 0 bridgehead atoms. The predicted octanol–water partition coefficient (Wildman–Crippen LogP) is 1.65. The van der Waals surface area contributed by atoms with Crippen molar-refractivity contribution in [1.82, 2.24) is 10.2 Å². The minimum absolute atomic E-state index is 0.187. The van der Waals surface area contributed by atoms with Crippen LogP contribution in [-0.2, 0) is 5.54 Å². The summed E-state index contributed by atoms with van der Waals surface area (Å²) in [4.78, 5) is 0. The first-order valence-electron chi connectivity index (χ1n) is 6.08. The Kier molecular flexibility index (Phi) is 2.42. The summed E-state index contributed by atoms with van der Waals surface area (Å²) in [6.45, 7) is 0. The third kappa shape index (κ3) is 1.73. The highest BCUT2D eigenvalue weighted by Crippen LogP contribution is 2.37. The van der Waals surface area contributed by atoms with Gasteiger partial charge in [-0.3, -0.25) is 5.10 Å². The van der Waals surface area contributed by atoms with Crippen LogP contribution in [0.2, 0.25) is 0 Å². The summed E-state index contributed by atoms with van der Waals surface area (Å²) in [5, 5.41) is 17.8. The molecule has 2 aromatic rings. The molecule has 0 atom stereocenters. The smallest absolute Gasteiger partial charge is 0.0700 e. The largest absolute Gasteiger partial charge is 0.393 e. The zero-order chi connectivity index (χ0) is 11.9. The second-order valence-corrected chi connectivity index (χ2v) is 5.03. The number of nitrogens with zero attached hydrogens (tertiary/aromatic N) is 1. The SMILES string of the molecule is NC1(c2cccc3cn[nH]c23)CCC(O)CC1. The molecule has 1 heterocycles. The van der Waals surface area contributed by atoms with Crippen LogP contribution in [0.5, 0.6) is 0 Å². The Balaban J connectivity index is 2.05. The van der Waals surface area contributed by atoms with Gasteiger partial charge in [-0.2, -0.15) is 5.10 Å². The normalized spacial score (nSPS) is 29.6. The van der Waals surface area contributed by atoms with Crippen molar-refractivity contribution >= 4 is 10.9 Å². The van der Waals surface area contributed by atoms with E-state index in [4.69, 9.17) is 5.73 Å². The topological polar surface area (TPSA) is 74.9 Å². The third-order valence-corrected chi connectivity index (χ3v) is 3.86. The summed E-state index contributed by atoms with van der Waals surface area (Å²) < 4.78 is 0. The Labute approximate surface area is 99.8 Å². The van der Waals surface area contributed by atoms with Gasteiger partial charge < -0.3 is 10.8 Å². The lowest BCUT2D eigenvalue weighted by atomic mass is 9.76. The zero-order valence-corrected chi connectivity index (χ0v) is 9.69. The van der Waals surface area contributed by atoms with Crippen LogP contribution >= 0.6 is 0 Å². The molecule has 0 unspecified atom stereocenters. The van der Waals surface area contributed by atoms with Gasteiger partial charge in [0.15, 0.2) is 0 Å². The van der Waals surface area contributed by atoms with Crippen LogP contribution in [-0.4, -0.2) is 21.4 Å². The molecule has 0 aliphatic heterocycles. The Morgan fingerprint density at radius 2 is 2.12 bits per heavy atom. The number of rotatable bonds is 1. The molecule has 0 saturated heterocycles. The molecule has 90 valence electrons. The van der Waals surface area contributed by atoms with E-state index in [0.29, 0.717) is 0 Å². The van der Waals surface area contributed by atoms with Crippen molar-refractivity contribution in [1.29, 1.82) is 0 Å². The molecule has 1 saturated carbocycles. The monoisotopic (exact) mass is 231 g/mol. The highest BCUT2D eigenvalue weighted by Gasteiger charge is 2.34. The van der Waals surface area contributed by atoms with Crippen LogP contribution in [0.25, 0.3) is 10.9 Å². The number of nitrogens with one attached hydrogen (secondary N) is 1. The number of aliphatic hydroxyl groups excluding tert-OH is 1. The van der Waals surface area contributed by atoms with Gasteiger partial charge in [0, 0.05) is 10.9 Å². The number of benzene rings is 1. The van der Waals surface area contributed by atoms with Crippen LogP contribution in [0.1, 0.15) is 31.2 Å². The molecule has 3 rings (SSSR count). The van der Waals surface area contributed by atoms with Crippen LogP contribution < -0.4 is 5.73 Å². The summed E-state index contributed by atoms with van der Waals surface area (Å²) in [5.74, 6) is 0. The average Bonchev–Trinajstić information content (AvgIpc) is 2.81. The Morgan fingerprint density at radius 1 is 1.35 bits per heavy atom. The number of H-pyrrole nitrogens is 1. The Hall–Kier alpha value is -1.39. The number of aromatic nitrogens is 2. The lowest BCUT2D eigenvalue weighted by Crippen LogP contribution is -2.41. The summed E-state index contributed by atoms with van der Waals surface area (Å²) in [7, 11) is 0. The summed E-state index contributed by atoms with van der Waals surface area (Å²) in [6, 6.07) is 6.12. The van der Waals surface area contributed by atoms with Gasteiger partial charge in [0.25, 0.3) is 0 Å². The fourth-order valence-electron chi connectivity index (χ4n) is 2.77. The van der Waals surface area contributed by atoms with E-state index in [1.54, 1.807) is 0 Å². The molecular weight excluding hydrogens is 214 g/mol. The van der Waals surface area contributed by atoms with Crippen LogP contribution in [0, 0.1) is 0 Å². The van der Waals surface area contributed by atoms with Crippen molar-refractivity contribution < 1.29 is 5.11 Å². The fourth-order valence-corrected chi connectivity index (χ4v) is 2.77. The number of aromatic amines is 1. The maximum absolute atomic E-state index is 9.59. The summed E-state index contributed by atoms with van der Waals surface area (Å²) in [5.41, 5.74) is 8.34. The van der Waals surface area contributed by atoms with Gasteiger partial charge in [0.2, 0.25) is 0 Å². The highest BCUT2D eigenvalue weighted by molar-refractivity contribution is 5.82. The summed E-state index contributed by atoms with van der Waals surface area (Å²) >= 11 is 0. The van der Waals surface area contributed by atoms with Crippen molar-refractivity contribution in [2.24, 2.45) is 5.73 Å². The Morgan fingerprint density at radius 3 is 2.88 bits per heavy atom. The molecule has 4 nitrogen and oxygen atoms in total. The number of aliphatic hydroxyl groups is 1. The number of para-hydroxylation sites is 1. The van der Waals surface area contributed by atoms with E-state index in [9.17, 15) is 5.11 Å². The first-order valence-corrected chi connectivity index (χ1v) is 6.08. The first kappa shape index (κ1) is 10.7. The standard InChI is InChI=1S/C13H17N3O/c14-13(6-4-10(17)5-7-13)11-3-1-2-9-8-15-16-12(9)11/h1-3,8,10,17H,4-7,14H2,(H,15,16). The van der Waals surface area contributed by atoms with E-state index in [0.717, 1.165) is 42.1 Å². The molecule has 1 aliphatic rings. The van der Waals surface area contributed by atoms with Crippen molar-refractivity contribution in [3.05, 3.63) is 30.0 Å². The molecule has 17 heavy (non-hydrogen) atoms. The van der Waals surface area contributed by atoms with Crippen LogP contribution in [0.15, 0.2) is 24.4 Å². The minimum Gasteiger partial charge on any atom is -0.393 e. The van der Waals surface area contributed by atoms with Gasteiger partial charge in [-0.1, -0.05) is 18.2 Å². The zero-order valence-electron chi connectivity index (χ0n) is 9.69. The van der Waals surface area contributed by atoms with E-state index < -0.39 is 0 Å². The van der Waals surface area contributed by atoms with Gasteiger partial charge in [0.05, 0.1) is 17.8 Å². The van der Waals surface area contributed by atoms with Crippen molar-refractivity contribution in [3.63, 3.8) is 0 Å². The summed E-state index contributed by atoms with van der Waals surface area (Å²) in [6.07, 6.45) is 4.84. The lowest BCUT2D eigenvalue weighted by Gasteiger charge is -2.36. The van der Waals surface area contributed by atoms with E-state index in [1.165, 1.54) is 0 Å². The Bertz CT molecular complexity index is 526. The number of nitrogens with two attached hydrogens (primary N) is 1. The number of fused-ring (bicyclic) bond motifs is 1. The molecule has 1 aromatic carbocycles. The van der Waals surface area contributed by atoms with Gasteiger partial charge >= 0.3 is 0 Å². The lowest BCUT2D eigenvalue weighted by molar-refractivity contribution is 0.0973. The van der Waals surface area contributed by atoms with Crippen LogP contribution in [0.3, 0.4) is 0 Å². The number of hydrogen-bond acceptors (Lipinski definition) is 3. The molecular formula is C13H17N3O. The van der Waals surface area contributed by atoms with Gasteiger partial charge in [0.1, 0.15) is 0 Å². The molecule has 4 N–H and O–H groups in total. The van der Waals surface area contributed by atoms with E-state index in [-0.39, 0.29) is 11.6 Å². The van der Waals surface area contributed by atoms with Crippen LogP contribution in [0.4, 0.5) is 0 Å². The molecule has 0 radical (unpaired) electrons. The molecule has 1 fully saturated rings. The highest BCUT2D eigenvalue weighted by atomic mass is 16.3.